The molecule has 0 aliphatic carbocycles. The van der Waals surface area contributed by atoms with Crippen LogP contribution in [0.4, 0.5) is 5.69 Å². The average molecular weight is 355 g/mol. The fourth-order valence-corrected chi connectivity index (χ4v) is 2.88. The summed E-state index contributed by atoms with van der Waals surface area (Å²) in [6.07, 6.45) is 6.94. The third-order valence-electron chi connectivity index (χ3n) is 4.07. The SMILES string of the molecule is C#Cc1nccc(-c2ccccc2C(=O)Nc2cccc(C)c2)c1C(N)=O. The smallest absolute Gasteiger partial charge is 0.256 e. The zero-order chi connectivity index (χ0) is 19.4. The lowest BCUT2D eigenvalue weighted by Gasteiger charge is -2.13. The van der Waals surface area contributed by atoms with Crippen LogP contribution in [0, 0.1) is 19.3 Å². The number of nitrogens with two attached hydrogens (primary N) is 1. The summed E-state index contributed by atoms with van der Waals surface area (Å²) in [5, 5.41) is 2.88. The van der Waals surface area contributed by atoms with Crippen LogP contribution in [0.1, 0.15) is 32.0 Å². The molecule has 0 spiro atoms. The fraction of sp³-hybridized carbons (Fsp3) is 0.0455. The van der Waals surface area contributed by atoms with E-state index >= 15 is 0 Å². The number of rotatable bonds is 4. The van der Waals surface area contributed by atoms with Crippen LogP contribution in [0.25, 0.3) is 11.1 Å². The molecule has 27 heavy (non-hydrogen) atoms. The van der Waals surface area contributed by atoms with E-state index in [1.807, 2.05) is 31.2 Å². The molecule has 0 saturated heterocycles. The van der Waals surface area contributed by atoms with E-state index in [-0.39, 0.29) is 17.2 Å². The lowest BCUT2D eigenvalue weighted by molar-refractivity contribution is 0.0996. The summed E-state index contributed by atoms with van der Waals surface area (Å²) in [5.74, 6) is 1.37. The number of hydrogen-bond acceptors (Lipinski definition) is 3. The van der Waals surface area contributed by atoms with Crippen molar-refractivity contribution < 1.29 is 9.59 Å². The van der Waals surface area contributed by atoms with E-state index in [0.717, 1.165) is 5.56 Å². The zero-order valence-corrected chi connectivity index (χ0v) is 14.7. The summed E-state index contributed by atoms with van der Waals surface area (Å²) in [6.45, 7) is 1.95. The van der Waals surface area contributed by atoms with Gasteiger partial charge in [0.25, 0.3) is 11.8 Å². The van der Waals surface area contributed by atoms with Crippen molar-refractivity contribution in [3.8, 4) is 23.5 Å². The molecule has 3 rings (SSSR count). The molecule has 3 N–H and O–H groups in total. The van der Waals surface area contributed by atoms with Crippen LogP contribution in [0.5, 0.6) is 0 Å². The molecule has 0 unspecified atom stereocenters. The number of nitrogens with zero attached hydrogens (tertiary/aromatic N) is 1. The van der Waals surface area contributed by atoms with E-state index in [0.29, 0.717) is 22.4 Å². The Kier molecular flexibility index (Phi) is 5.00. The summed E-state index contributed by atoms with van der Waals surface area (Å²) in [6, 6.07) is 16.1. The lowest BCUT2D eigenvalue weighted by Crippen LogP contribution is -2.17. The first-order valence-electron chi connectivity index (χ1n) is 8.24. The molecule has 2 amide bonds. The molecule has 132 valence electrons. The molecule has 0 fully saturated rings. The number of amides is 2. The average Bonchev–Trinajstić information content (AvgIpc) is 2.67. The Hall–Kier alpha value is -3.91. The third-order valence-corrected chi connectivity index (χ3v) is 4.07. The molecule has 0 aliphatic heterocycles. The van der Waals surface area contributed by atoms with Gasteiger partial charge in [-0.25, -0.2) is 4.98 Å². The van der Waals surface area contributed by atoms with Crippen LogP contribution in [-0.2, 0) is 0 Å². The Morgan fingerprint density at radius 1 is 1.07 bits per heavy atom. The minimum atomic E-state index is -0.694. The van der Waals surface area contributed by atoms with Gasteiger partial charge in [-0.1, -0.05) is 30.3 Å². The molecular weight excluding hydrogens is 338 g/mol. The zero-order valence-electron chi connectivity index (χ0n) is 14.7. The highest BCUT2D eigenvalue weighted by Crippen LogP contribution is 2.29. The van der Waals surface area contributed by atoms with Crippen LogP contribution in [0.3, 0.4) is 0 Å². The van der Waals surface area contributed by atoms with Gasteiger partial charge in [-0.2, -0.15) is 0 Å². The number of aromatic nitrogens is 1. The minimum absolute atomic E-state index is 0.121. The molecule has 5 heteroatoms. The molecule has 3 aromatic rings. The van der Waals surface area contributed by atoms with Gasteiger partial charge in [0.05, 0.1) is 5.56 Å². The van der Waals surface area contributed by atoms with E-state index < -0.39 is 5.91 Å². The van der Waals surface area contributed by atoms with E-state index in [2.05, 4.69) is 16.2 Å². The highest BCUT2D eigenvalue weighted by atomic mass is 16.2. The second kappa shape index (κ2) is 7.54. The summed E-state index contributed by atoms with van der Waals surface area (Å²) >= 11 is 0. The van der Waals surface area contributed by atoms with Crippen molar-refractivity contribution in [3.05, 3.63) is 83.2 Å². The molecule has 0 atom stereocenters. The molecule has 0 bridgehead atoms. The largest absolute Gasteiger partial charge is 0.365 e. The second-order valence-corrected chi connectivity index (χ2v) is 5.96. The summed E-state index contributed by atoms with van der Waals surface area (Å²) in [5.41, 5.74) is 8.93. The normalized spacial score (nSPS) is 10.1. The molecular formula is C22H17N3O2. The maximum atomic E-state index is 12.9. The van der Waals surface area contributed by atoms with Gasteiger partial charge in [0.2, 0.25) is 0 Å². The van der Waals surface area contributed by atoms with Crippen molar-refractivity contribution in [2.45, 2.75) is 6.92 Å². The van der Waals surface area contributed by atoms with Gasteiger partial charge in [0.1, 0.15) is 5.69 Å². The van der Waals surface area contributed by atoms with Crippen molar-refractivity contribution in [3.63, 3.8) is 0 Å². The van der Waals surface area contributed by atoms with Crippen LogP contribution in [-0.4, -0.2) is 16.8 Å². The highest BCUT2D eigenvalue weighted by molar-refractivity contribution is 6.11. The Balaban J connectivity index is 2.09. The van der Waals surface area contributed by atoms with Crippen LogP contribution < -0.4 is 11.1 Å². The molecule has 5 nitrogen and oxygen atoms in total. The van der Waals surface area contributed by atoms with Crippen LogP contribution >= 0.6 is 0 Å². The highest BCUT2D eigenvalue weighted by Gasteiger charge is 2.20. The number of aryl methyl sites for hydroxylation is 1. The Bertz CT molecular complexity index is 1080. The number of carbonyl (C=O) groups excluding carboxylic acids is 2. The first kappa shape index (κ1) is 17.9. The Morgan fingerprint density at radius 2 is 1.85 bits per heavy atom. The number of pyridine rings is 1. The van der Waals surface area contributed by atoms with Crippen molar-refractivity contribution in [2.75, 3.05) is 5.32 Å². The van der Waals surface area contributed by atoms with Crippen LogP contribution in [0.2, 0.25) is 0 Å². The standard InChI is InChI=1S/C22H17N3O2/c1-3-19-20(21(23)26)17(11-12-24-19)16-9-4-5-10-18(16)22(27)25-15-8-6-7-14(2)13-15/h1,4-13H,2H3,(H2,23,26)(H,25,27). The quantitative estimate of drug-likeness (QED) is 0.704. The summed E-state index contributed by atoms with van der Waals surface area (Å²) in [4.78, 5) is 28.9. The maximum absolute atomic E-state index is 12.9. The Labute approximate surface area is 157 Å². The molecule has 1 aromatic heterocycles. The van der Waals surface area contributed by atoms with Gasteiger partial charge in [0.15, 0.2) is 0 Å². The fourth-order valence-electron chi connectivity index (χ4n) is 2.88. The Morgan fingerprint density at radius 3 is 2.56 bits per heavy atom. The van der Waals surface area contributed by atoms with Gasteiger partial charge >= 0.3 is 0 Å². The monoisotopic (exact) mass is 355 g/mol. The summed E-state index contributed by atoms with van der Waals surface area (Å²) in [7, 11) is 0. The number of carbonyl (C=O) groups is 2. The second-order valence-electron chi connectivity index (χ2n) is 5.96. The van der Waals surface area contributed by atoms with Gasteiger partial charge in [0, 0.05) is 17.4 Å². The predicted molar refractivity (Wildman–Crippen MR) is 105 cm³/mol. The molecule has 0 aliphatic rings. The van der Waals surface area contributed by atoms with E-state index in [1.54, 1.807) is 30.3 Å². The molecule has 0 radical (unpaired) electrons. The van der Waals surface area contributed by atoms with Gasteiger partial charge in [-0.3, -0.25) is 9.59 Å². The van der Waals surface area contributed by atoms with E-state index in [4.69, 9.17) is 12.2 Å². The molecule has 2 aromatic carbocycles. The predicted octanol–water partition coefficient (Wildman–Crippen LogP) is 3.39. The minimum Gasteiger partial charge on any atom is -0.365 e. The number of hydrogen-bond donors (Lipinski definition) is 2. The molecule has 1 heterocycles. The van der Waals surface area contributed by atoms with Crippen molar-refractivity contribution in [2.24, 2.45) is 5.73 Å². The van der Waals surface area contributed by atoms with E-state index in [1.165, 1.54) is 6.20 Å². The maximum Gasteiger partial charge on any atom is 0.256 e. The number of benzene rings is 2. The van der Waals surface area contributed by atoms with Crippen molar-refractivity contribution >= 4 is 17.5 Å². The van der Waals surface area contributed by atoms with E-state index in [9.17, 15) is 9.59 Å². The van der Waals surface area contributed by atoms with Gasteiger partial charge in [-0.15, -0.1) is 6.42 Å². The lowest BCUT2D eigenvalue weighted by atomic mass is 9.94. The van der Waals surface area contributed by atoms with Gasteiger partial charge < -0.3 is 11.1 Å². The topological polar surface area (TPSA) is 85.1 Å². The van der Waals surface area contributed by atoms with Crippen LogP contribution in [0.15, 0.2) is 60.8 Å². The van der Waals surface area contributed by atoms with Crippen molar-refractivity contribution in [1.29, 1.82) is 0 Å². The first-order chi connectivity index (χ1) is 13.0. The summed E-state index contributed by atoms with van der Waals surface area (Å²) < 4.78 is 0. The third kappa shape index (κ3) is 3.70. The number of nitrogens with one attached hydrogen (secondary N) is 1. The number of anilines is 1. The number of terminal acetylenes is 1. The number of primary amides is 1. The van der Waals surface area contributed by atoms with Crippen molar-refractivity contribution in [1.82, 2.24) is 4.98 Å². The molecule has 0 saturated carbocycles. The van der Waals surface area contributed by atoms with Gasteiger partial charge in [-0.05, 0) is 53.8 Å². The first-order valence-corrected chi connectivity index (χ1v) is 8.24.